The molecule has 0 aliphatic heterocycles. The van der Waals surface area contributed by atoms with E-state index in [4.69, 9.17) is 0 Å². The van der Waals surface area contributed by atoms with Crippen LogP contribution in [0.2, 0.25) is 0 Å². The quantitative estimate of drug-likeness (QED) is 0.531. The third-order valence-electron chi connectivity index (χ3n) is 1.17. The summed E-state index contributed by atoms with van der Waals surface area (Å²) in [6.07, 6.45) is 2.63. The molecule has 2 heteroatoms. The highest BCUT2D eigenvalue weighted by atomic mass is 16.4. The summed E-state index contributed by atoms with van der Waals surface area (Å²) in [6, 6.07) is 0. The van der Waals surface area contributed by atoms with Crippen LogP contribution in [0.1, 0.15) is 26.7 Å². The van der Waals surface area contributed by atoms with Crippen molar-refractivity contribution in [2.45, 2.75) is 26.7 Å². The Morgan fingerprint density at radius 1 is 1.56 bits per heavy atom. The highest BCUT2D eigenvalue weighted by molar-refractivity contribution is 5.68. The molecule has 0 aromatic heterocycles. The van der Waals surface area contributed by atoms with Gasteiger partial charge < -0.3 is 0 Å². The van der Waals surface area contributed by atoms with Crippen molar-refractivity contribution in [1.82, 2.24) is 0 Å². The molecule has 0 saturated heterocycles. The van der Waals surface area contributed by atoms with Crippen LogP contribution in [-0.2, 0) is 9.90 Å². The Morgan fingerprint density at radius 2 is 2.11 bits per heavy atom. The van der Waals surface area contributed by atoms with Crippen LogP contribution in [0, 0.1) is 0 Å². The maximum Gasteiger partial charge on any atom is 0.359 e. The third-order valence-corrected chi connectivity index (χ3v) is 1.17. The van der Waals surface area contributed by atoms with Gasteiger partial charge in [-0.2, -0.15) is 0 Å². The molecule has 2 nitrogen and oxygen atoms in total. The number of rotatable bonds is 3. The summed E-state index contributed by atoms with van der Waals surface area (Å²) in [5.74, 6) is -1.01. The molecule has 0 aromatic carbocycles. The first-order valence-corrected chi connectivity index (χ1v) is 3.02. The molecule has 0 heterocycles. The van der Waals surface area contributed by atoms with Crippen molar-refractivity contribution < 1.29 is 9.90 Å². The van der Waals surface area contributed by atoms with Crippen LogP contribution in [0.15, 0.2) is 11.6 Å². The van der Waals surface area contributed by atoms with Gasteiger partial charge >= 0.3 is 5.97 Å². The van der Waals surface area contributed by atoms with Gasteiger partial charge in [0.1, 0.15) is 0 Å². The number of allylic oxidation sites excluding steroid dienone is 1. The molecule has 0 fully saturated rings. The van der Waals surface area contributed by atoms with E-state index in [0.29, 0.717) is 0 Å². The minimum atomic E-state index is -1.01. The Morgan fingerprint density at radius 3 is 2.44 bits per heavy atom. The molecule has 51 valence electrons. The lowest BCUT2D eigenvalue weighted by atomic mass is 10.2. The summed E-state index contributed by atoms with van der Waals surface area (Å²) in [5, 5.41) is 9.86. The van der Waals surface area contributed by atoms with Crippen LogP contribution >= 0.6 is 0 Å². The number of hydrogen-bond donors (Lipinski definition) is 0. The Bertz CT molecular complexity index is 125. The summed E-state index contributed by atoms with van der Waals surface area (Å²) in [5.41, 5.74) is 1.10. The Kier molecular flexibility index (Phi) is 3.76. The molecule has 0 rings (SSSR count). The SMILES string of the molecule is CCC(C)=CCC([O])=O. The van der Waals surface area contributed by atoms with Crippen LogP contribution in [0.5, 0.6) is 0 Å². The summed E-state index contributed by atoms with van der Waals surface area (Å²) in [4.78, 5) is 9.86. The van der Waals surface area contributed by atoms with Gasteiger partial charge in [0.25, 0.3) is 0 Å². The first-order chi connectivity index (χ1) is 4.16. The largest absolute Gasteiger partial charge is 0.359 e. The van der Waals surface area contributed by atoms with Crippen molar-refractivity contribution in [2.24, 2.45) is 0 Å². The Labute approximate surface area is 55.2 Å². The van der Waals surface area contributed by atoms with Crippen molar-refractivity contribution in [3.8, 4) is 0 Å². The van der Waals surface area contributed by atoms with E-state index in [9.17, 15) is 9.90 Å². The molecule has 0 aromatic rings. The van der Waals surface area contributed by atoms with E-state index in [1.165, 1.54) is 0 Å². The molecular formula is C7H11O2. The zero-order valence-electron chi connectivity index (χ0n) is 5.81. The monoisotopic (exact) mass is 127 g/mol. The summed E-state index contributed by atoms with van der Waals surface area (Å²) in [7, 11) is 0. The summed E-state index contributed by atoms with van der Waals surface area (Å²) < 4.78 is 0. The van der Waals surface area contributed by atoms with Gasteiger partial charge in [0.05, 0.1) is 6.42 Å². The molecule has 9 heavy (non-hydrogen) atoms. The molecule has 0 saturated carbocycles. The van der Waals surface area contributed by atoms with E-state index in [2.05, 4.69) is 0 Å². The van der Waals surface area contributed by atoms with Crippen molar-refractivity contribution >= 4 is 5.97 Å². The van der Waals surface area contributed by atoms with Crippen molar-refractivity contribution in [2.75, 3.05) is 0 Å². The molecule has 0 spiro atoms. The molecule has 1 radical (unpaired) electrons. The molecule has 0 unspecified atom stereocenters. The van der Waals surface area contributed by atoms with Gasteiger partial charge in [-0.05, 0) is 13.3 Å². The molecule has 0 atom stereocenters. The maximum absolute atomic E-state index is 9.86. The van der Waals surface area contributed by atoms with Crippen molar-refractivity contribution in [3.05, 3.63) is 11.6 Å². The topological polar surface area (TPSA) is 37.0 Å². The summed E-state index contributed by atoms with van der Waals surface area (Å²) >= 11 is 0. The number of carbonyl (C=O) groups excluding carboxylic acids is 1. The van der Waals surface area contributed by atoms with Crippen LogP contribution in [0.4, 0.5) is 0 Å². The minimum Gasteiger partial charge on any atom is -0.247 e. The van der Waals surface area contributed by atoms with Gasteiger partial charge in [-0.3, -0.25) is 0 Å². The normalized spacial score (nSPS) is 11.6. The molecule has 0 aliphatic rings. The Balaban J connectivity index is 3.56. The predicted molar refractivity (Wildman–Crippen MR) is 34.4 cm³/mol. The number of carbonyl (C=O) groups is 1. The average molecular weight is 127 g/mol. The van der Waals surface area contributed by atoms with E-state index in [-0.39, 0.29) is 6.42 Å². The first kappa shape index (κ1) is 8.21. The number of hydrogen-bond acceptors (Lipinski definition) is 1. The highest BCUT2D eigenvalue weighted by Crippen LogP contribution is 1.98. The van der Waals surface area contributed by atoms with Gasteiger partial charge in [-0.1, -0.05) is 18.6 Å². The maximum atomic E-state index is 9.86. The fourth-order valence-corrected chi connectivity index (χ4v) is 0.402. The van der Waals surface area contributed by atoms with E-state index in [1.807, 2.05) is 13.8 Å². The van der Waals surface area contributed by atoms with Crippen molar-refractivity contribution in [1.29, 1.82) is 0 Å². The minimum absolute atomic E-state index is 0.0413. The van der Waals surface area contributed by atoms with Crippen molar-refractivity contribution in [3.63, 3.8) is 0 Å². The standard InChI is InChI=1S/C7H11O2/c1-3-6(2)4-5-7(8)9/h4H,3,5H2,1-2H3. The van der Waals surface area contributed by atoms with E-state index in [1.54, 1.807) is 6.08 Å². The smallest absolute Gasteiger partial charge is 0.247 e. The second-order valence-corrected chi connectivity index (χ2v) is 1.98. The van der Waals surface area contributed by atoms with Gasteiger partial charge in [0, 0.05) is 0 Å². The molecule has 0 bridgehead atoms. The highest BCUT2D eigenvalue weighted by Gasteiger charge is 1.93. The second-order valence-electron chi connectivity index (χ2n) is 1.98. The van der Waals surface area contributed by atoms with Gasteiger partial charge in [0.15, 0.2) is 0 Å². The zero-order valence-corrected chi connectivity index (χ0v) is 5.81. The predicted octanol–water partition coefficient (Wildman–Crippen LogP) is 1.69. The van der Waals surface area contributed by atoms with E-state index < -0.39 is 5.97 Å². The van der Waals surface area contributed by atoms with Crippen LogP contribution < -0.4 is 0 Å². The zero-order chi connectivity index (χ0) is 7.28. The average Bonchev–Trinajstić information content (AvgIpc) is 1.83. The second kappa shape index (κ2) is 4.13. The van der Waals surface area contributed by atoms with Gasteiger partial charge in [-0.15, -0.1) is 0 Å². The first-order valence-electron chi connectivity index (χ1n) is 3.02. The van der Waals surface area contributed by atoms with E-state index in [0.717, 1.165) is 12.0 Å². The molecule has 0 aliphatic carbocycles. The lowest BCUT2D eigenvalue weighted by Gasteiger charge is -1.89. The molecule has 0 N–H and O–H groups in total. The van der Waals surface area contributed by atoms with E-state index >= 15 is 0 Å². The Hall–Kier alpha value is -0.790. The fourth-order valence-electron chi connectivity index (χ4n) is 0.402. The van der Waals surface area contributed by atoms with Gasteiger partial charge in [-0.25, -0.2) is 9.90 Å². The lowest BCUT2D eigenvalue weighted by Crippen LogP contribution is -1.88. The third kappa shape index (κ3) is 5.07. The van der Waals surface area contributed by atoms with Crippen LogP contribution in [0.25, 0.3) is 0 Å². The van der Waals surface area contributed by atoms with Crippen LogP contribution in [-0.4, -0.2) is 5.97 Å². The lowest BCUT2D eigenvalue weighted by molar-refractivity contribution is -0.142. The molecular weight excluding hydrogens is 116 g/mol. The van der Waals surface area contributed by atoms with Gasteiger partial charge in [0.2, 0.25) is 0 Å². The molecule has 0 amide bonds. The fraction of sp³-hybridized carbons (Fsp3) is 0.571. The van der Waals surface area contributed by atoms with Crippen LogP contribution in [0.3, 0.4) is 0 Å². The summed E-state index contributed by atoms with van der Waals surface area (Å²) in [6.45, 7) is 3.89.